The number of amides is 1. The maximum absolute atomic E-state index is 11.6. The average molecular weight is 290 g/mol. The number of aryl methyl sites for hydroxylation is 1. The minimum absolute atomic E-state index is 0.284. The molecule has 0 fully saturated rings. The molecule has 5 nitrogen and oxygen atoms in total. The van der Waals surface area contributed by atoms with Crippen molar-refractivity contribution in [3.8, 4) is 11.3 Å². The lowest BCUT2D eigenvalue weighted by Gasteiger charge is -2.05. The molecule has 1 heterocycles. The number of hydrogen-bond donors (Lipinski definition) is 1. The molecule has 0 saturated carbocycles. The van der Waals surface area contributed by atoms with Crippen molar-refractivity contribution in [2.45, 2.75) is 6.92 Å². The molecule has 2 aromatic rings. The van der Waals surface area contributed by atoms with Gasteiger partial charge < -0.3 is 0 Å². The Balaban J connectivity index is 2.22. The van der Waals surface area contributed by atoms with Crippen LogP contribution in [0, 0.1) is 6.92 Å². The fraction of sp³-hybridized carbons (Fsp3) is 0.143. The summed E-state index contributed by atoms with van der Waals surface area (Å²) in [5.41, 5.74) is 3.01. The molecule has 0 saturated heterocycles. The van der Waals surface area contributed by atoms with Crippen molar-refractivity contribution in [1.82, 2.24) is 9.71 Å². The van der Waals surface area contributed by atoms with E-state index in [4.69, 9.17) is 0 Å². The standard InChI is InChI=1S/C14H14N2O3S/c1-10-3-8-13(15-9-10)11-4-6-12(7-5-11)14(17)16-20(2,18)19/h3-9H,1-2H3,(H,16,17). The molecule has 1 aromatic heterocycles. The number of carbonyl (C=O) groups is 1. The smallest absolute Gasteiger partial charge is 0.264 e. The largest absolute Gasteiger partial charge is 0.268 e. The second-order valence-electron chi connectivity index (χ2n) is 4.50. The Hall–Kier alpha value is -2.21. The molecular formula is C14H14N2O3S. The SMILES string of the molecule is Cc1ccc(-c2ccc(C(=O)NS(C)(=O)=O)cc2)nc1. The molecule has 0 radical (unpaired) electrons. The summed E-state index contributed by atoms with van der Waals surface area (Å²) in [6, 6.07) is 10.4. The van der Waals surface area contributed by atoms with Gasteiger partial charge in [0.25, 0.3) is 5.91 Å². The number of aromatic nitrogens is 1. The molecule has 20 heavy (non-hydrogen) atoms. The Morgan fingerprint density at radius 3 is 2.25 bits per heavy atom. The normalized spacial score (nSPS) is 11.1. The van der Waals surface area contributed by atoms with Crippen molar-refractivity contribution < 1.29 is 13.2 Å². The van der Waals surface area contributed by atoms with E-state index >= 15 is 0 Å². The topological polar surface area (TPSA) is 76.1 Å². The summed E-state index contributed by atoms with van der Waals surface area (Å²) in [4.78, 5) is 15.9. The van der Waals surface area contributed by atoms with Crippen LogP contribution in [0.3, 0.4) is 0 Å². The lowest BCUT2D eigenvalue weighted by Crippen LogP contribution is -2.29. The van der Waals surface area contributed by atoms with Crippen LogP contribution in [0.25, 0.3) is 11.3 Å². The van der Waals surface area contributed by atoms with E-state index in [2.05, 4.69) is 4.98 Å². The summed E-state index contributed by atoms with van der Waals surface area (Å²) in [5.74, 6) is -0.643. The Kier molecular flexibility index (Phi) is 3.85. The average Bonchev–Trinajstić information content (AvgIpc) is 2.38. The van der Waals surface area contributed by atoms with E-state index in [-0.39, 0.29) is 5.56 Å². The highest BCUT2D eigenvalue weighted by Gasteiger charge is 2.11. The van der Waals surface area contributed by atoms with Gasteiger partial charge in [-0.25, -0.2) is 13.1 Å². The molecular weight excluding hydrogens is 276 g/mol. The molecule has 0 spiro atoms. The first kappa shape index (κ1) is 14.2. The third-order valence-electron chi connectivity index (χ3n) is 2.63. The van der Waals surface area contributed by atoms with Crippen LogP contribution in [0.5, 0.6) is 0 Å². The summed E-state index contributed by atoms with van der Waals surface area (Å²) in [6.07, 6.45) is 2.70. The second-order valence-corrected chi connectivity index (χ2v) is 6.25. The molecule has 0 aliphatic carbocycles. The first-order chi connectivity index (χ1) is 9.35. The van der Waals surface area contributed by atoms with Gasteiger partial charge in [-0.2, -0.15) is 0 Å². The maximum Gasteiger partial charge on any atom is 0.264 e. The zero-order valence-corrected chi connectivity index (χ0v) is 11.9. The molecule has 104 valence electrons. The third-order valence-corrected chi connectivity index (χ3v) is 3.19. The number of rotatable bonds is 3. The summed E-state index contributed by atoms with van der Waals surface area (Å²) < 4.78 is 23.9. The van der Waals surface area contributed by atoms with Crippen LogP contribution in [-0.4, -0.2) is 25.6 Å². The van der Waals surface area contributed by atoms with Gasteiger partial charge in [-0.3, -0.25) is 9.78 Å². The summed E-state index contributed by atoms with van der Waals surface area (Å²) in [5, 5.41) is 0. The van der Waals surface area contributed by atoms with Gasteiger partial charge in [0.2, 0.25) is 10.0 Å². The monoisotopic (exact) mass is 290 g/mol. The molecule has 0 aliphatic rings. The predicted octanol–water partition coefficient (Wildman–Crippen LogP) is 1.75. The van der Waals surface area contributed by atoms with Crippen LogP contribution in [0.2, 0.25) is 0 Å². The van der Waals surface area contributed by atoms with Crippen molar-refractivity contribution >= 4 is 15.9 Å². The first-order valence-corrected chi connectivity index (χ1v) is 7.79. The Bertz CT molecular complexity index is 720. The van der Waals surface area contributed by atoms with Gasteiger partial charge in [0.05, 0.1) is 11.9 Å². The number of pyridine rings is 1. The van der Waals surface area contributed by atoms with E-state index in [1.165, 1.54) is 0 Å². The van der Waals surface area contributed by atoms with Crippen LogP contribution in [0.15, 0.2) is 42.6 Å². The van der Waals surface area contributed by atoms with Gasteiger partial charge >= 0.3 is 0 Å². The fourth-order valence-electron chi connectivity index (χ4n) is 1.66. The van der Waals surface area contributed by atoms with Gasteiger partial charge in [-0.15, -0.1) is 0 Å². The summed E-state index contributed by atoms with van der Waals surface area (Å²) in [6.45, 7) is 1.95. The van der Waals surface area contributed by atoms with Crippen molar-refractivity contribution in [3.63, 3.8) is 0 Å². The minimum Gasteiger partial charge on any atom is -0.268 e. The Morgan fingerprint density at radius 2 is 1.75 bits per heavy atom. The van der Waals surface area contributed by atoms with Gasteiger partial charge in [-0.05, 0) is 30.7 Å². The zero-order valence-electron chi connectivity index (χ0n) is 11.1. The van der Waals surface area contributed by atoms with Gasteiger partial charge in [0.1, 0.15) is 0 Å². The second kappa shape index (κ2) is 5.42. The van der Waals surface area contributed by atoms with Gasteiger partial charge in [0, 0.05) is 17.3 Å². The molecule has 0 aliphatic heterocycles. The molecule has 1 amide bonds. The number of sulfonamides is 1. The fourth-order valence-corrected chi connectivity index (χ4v) is 2.11. The van der Waals surface area contributed by atoms with Crippen LogP contribution in [0.1, 0.15) is 15.9 Å². The van der Waals surface area contributed by atoms with Crippen molar-refractivity contribution in [2.75, 3.05) is 6.26 Å². The van der Waals surface area contributed by atoms with Crippen molar-refractivity contribution in [2.24, 2.45) is 0 Å². The Labute approximate surface area is 117 Å². The molecule has 6 heteroatoms. The lowest BCUT2D eigenvalue weighted by molar-refractivity contribution is 0.0981. The maximum atomic E-state index is 11.6. The van der Waals surface area contributed by atoms with E-state index < -0.39 is 15.9 Å². The highest BCUT2D eigenvalue weighted by molar-refractivity contribution is 7.89. The van der Waals surface area contributed by atoms with Gasteiger partial charge in [0.15, 0.2) is 0 Å². The number of hydrogen-bond acceptors (Lipinski definition) is 4. The van der Waals surface area contributed by atoms with Crippen LogP contribution >= 0.6 is 0 Å². The van der Waals surface area contributed by atoms with Crippen molar-refractivity contribution in [1.29, 1.82) is 0 Å². The number of nitrogens with zero attached hydrogens (tertiary/aromatic N) is 1. The molecule has 1 N–H and O–H groups in total. The molecule has 0 atom stereocenters. The van der Waals surface area contributed by atoms with Crippen LogP contribution < -0.4 is 4.72 Å². The molecule has 1 aromatic carbocycles. The van der Waals surface area contributed by atoms with Gasteiger partial charge in [-0.1, -0.05) is 18.2 Å². The quantitative estimate of drug-likeness (QED) is 0.934. The third kappa shape index (κ3) is 3.64. The van der Waals surface area contributed by atoms with E-state index in [0.717, 1.165) is 23.1 Å². The number of carbonyl (C=O) groups excluding carboxylic acids is 1. The first-order valence-electron chi connectivity index (χ1n) is 5.90. The Morgan fingerprint density at radius 1 is 1.10 bits per heavy atom. The van der Waals surface area contributed by atoms with E-state index in [1.54, 1.807) is 30.5 Å². The summed E-state index contributed by atoms with van der Waals surface area (Å²) >= 11 is 0. The molecule has 0 bridgehead atoms. The lowest BCUT2D eigenvalue weighted by atomic mass is 10.1. The van der Waals surface area contributed by atoms with E-state index in [0.29, 0.717) is 0 Å². The van der Waals surface area contributed by atoms with Crippen molar-refractivity contribution in [3.05, 3.63) is 53.7 Å². The van der Waals surface area contributed by atoms with Crippen LogP contribution in [-0.2, 0) is 10.0 Å². The molecule has 0 unspecified atom stereocenters. The number of benzene rings is 1. The molecule has 2 rings (SSSR count). The van der Waals surface area contributed by atoms with E-state index in [9.17, 15) is 13.2 Å². The zero-order chi connectivity index (χ0) is 14.8. The minimum atomic E-state index is -3.55. The predicted molar refractivity (Wildman–Crippen MR) is 76.7 cm³/mol. The summed E-state index contributed by atoms with van der Waals surface area (Å²) in [7, 11) is -3.55. The van der Waals surface area contributed by atoms with Crippen LogP contribution in [0.4, 0.5) is 0 Å². The van der Waals surface area contributed by atoms with E-state index in [1.807, 2.05) is 23.8 Å². The highest BCUT2D eigenvalue weighted by Crippen LogP contribution is 2.17. The highest BCUT2D eigenvalue weighted by atomic mass is 32.2. The number of nitrogens with one attached hydrogen (secondary N) is 1.